The monoisotopic (exact) mass is 380 g/mol. The highest BCUT2D eigenvalue weighted by atomic mass is 19.1. The fourth-order valence-corrected chi connectivity index (χ4v) is 3.13. The van der Waals surface area contributed by atoms with E-state index in [0.29, 0.717) is 18.0 Å². The van der Waals surface area contributed by atoms with Crippen LogP contribution in [-0.2, 0) is 16.0 Å². The first-order chi connectivity index (χ1) is 13.6. The Morgan fingerprint density at radius 3 is 2.64 bits per heavy atom. The average molecular weight is 380 g/mol. The molecule has 0 saturated carbocycles. The van der Waals surface area contributed by atoms with Crippen molar-refractivity contribution in [1.29, 1.82) is 0 Å². The maximum absolute atomic E-state index is 12.9. The lowest BCUT2D eigenvalue weighted by atomic mass is 10.1. The van der Waals surface area contributed by atoms with Gasteiger partial charge in [0.25, 0.3) is 0 Å². The number of amides is 2. The summed E-state index contributed by atoms with van der Waals surface area (Å²) in [5.41, 5.74) is 1.49. The van der Waals surface area contributed by atoms with E-state index in [4.69, 9.17) is 4.42 Å². The average Bonchev–Trinajstić information content (AvgIpc) is 3.31. The van der Waals surface area contributed by atoms with Gasteiger partial charge in [-0.1, -0.05) is 35.4 Å². The molecule has 2 amide bonds. The van der Waals surface area contributed by atoms with Crippen LogP contribution in [0.5, 0.6) is 0 Å². The number of para-hydroxylation sites is 1. The predicted octanol–water partition coefficient (Wildman–Crippen LogP) is 2.91. The normalized spacial score (nSPS) is 16.4. The third-order valence-electron chi connectivity index (χ3n) is 4.51. The molecule has 1 aliphatic heterocycles. The summed E-state index contributed by atoms with van der Waals surface area (Å²) in [4.78, 5) is 26.1. The van der Waals surface area contributed by atoms with Gasteiger partial charge in [0.1, 0.15) is 5.82 Å². The Balaban J connectivity index is 1.38. The van der Waals surface area contributed by atoms with Crippen LogP contribution in [0.2, 0.25) is 0 Å². The lowest BCUT2D eigenvalue weighted by Crippen LogP contribution is -2.24. The zero-order valence-electron chi connectivity index (χ0n) is 14.8. The van der Waals surface area contributed by atoms with Gasteiger partial charge < -0.3 is 9.32 Å². The van der Waals surface area contributed by atoms with Crippen molar-refractivity contribution >= 4 is 23.5 Å². The Morgan fingerprint density at radius 2 is 1.89 bits per heavy atom. The van der Waals surface area contributed by atoms with Crippen LogP contribution in [0.25, 0.3) is 0 Å². The highest BCUT2D eigenvalue weighted by Crippen LogP contribution is 2.31. The molecule has 0 unspecified atom stereocenters. The number of halogens is 1. The molecule has 0 bridgehead atoms. The highest BCUT2D eigenvalue weighted by molar-refractivity contribution is 5.96. The number of nitrogens with one attached hydrogen (secondary N) is 1. The molecule has 4 rings (SSSR count). The molecule has 8 heteroatoms. The second-order valence-electron chi connectivity index (χ2n) is 6.54. The van der Waals surface area contributed by atoms with Gasteiger partial charge in [-0.2, -0.15) is 0 Å². The lowest BCUT2D eigenvalue weighted by Gasteiger charge is -2.15. The fourth-order valence-electron chi connectivity index (χ4n) is 3.13. The van der Waals surface area contributed by atoms with Crippen molar-refractivity contribution in [2.75, 3.05) is 16.8 Å². The SMILES string of the molecule is O=C(Cc1ccc(F)cc1)Nc1nnc([C@@H]2CC(=O)N(c3ccccc3)C2)o1. The van der Waals surface area contributed by atoms with Gasteiger partial charge in [0.05, 0.1) is 12.3 Å². The number of carbonyl (C=O) groups is 2. The van der Waals surface area contributed by atoms with Gasteiger partial charge in [-0.25, -0.2) is 4.39 Å². The Kier molecular flexibility index (Phi) is 4.84. The minimum absolute atomic E-state index is 0.0173. The molecular weight excluding hydrogens is 363 g/mol. The smallest absolute Gasteiger partial charge is 0.322 e. The third-order valence-corrected chi connectivity index (χ3v) is 4.51. The van der Waals surface area contributed by atoms with Crippen LogP contribution in [0.15, 0.2) is 59.0 Å². The van der Waals surface area contributed by atoms with Crippen molar-refractivity contribution in [3.8, 4) is 0 Å². The van der Waals surface area contributed by atoms with E-state index < -0.39 is 0 Å². The molecule has 3 aromatic rings. The molecule has 28 heavy (non-hydrogen) atoms. The molecule has 1 saturated heterocycles. The van der Waals surface area contributed by atoms with Crippen LogP contribution in [0.4, 0.5) is 16.1 Å². The number of benzene rings is 2. The molecule has 0 aliphatic carbocycles. The number of rotatable bonds is 5. The largest absolute Gasteiger partial charge is 0.407 e. The van der Waals surface area contributed by atoms with E-state index in [1.165, 1.54) is 24.3 Å². The van der Waals surface area contributed by atoms with E-state index >= 15 is 0 Å². The van der Waals surface area contributed by atoms with Crippen molar-refractivity contribution in [2.45, 2.75) is 18.8 Å². The molecule has 0 radical (unpaired) electrons. The summed E-state index contributed by atoms with van der Waals surface area (Å²) in [5.74, 6) is -0.653. The summed E-state index contributed by atoms with van der Waals surface area (Å²) >= 11 is 0. The molecule has 1 fully saturated rings. The van der Waals surface area contributed by atoms with E-state index in [0.717, 1.165) is 5.69 Å². The molecule has 0 spiro atoms. The van der Waals surface area contributed by atoms with Gasteiger partial charge in [-0.15, -0.1) is 5.10 Å². The van der Waals surface area contributed by atoms with Crippen LogP contribution in [0.3, 0.4) is 0 Å². The molecule has 7 nitrogen and oxygen atoms in total. The van der Waals surface area contributed by atoms with Crippen LogP contribution in [0.1, 0.15) is 23.8 Å². The van der Waals surface area contributed by atoms with E-state index in [-0.39, 0.29) is 42.4 Å². The fraction of sp³-hybridized carbons (Fsp3) is 0.200. The molecule has 1 N–H and O–H groups in total. The number of anilines is 2. The Morgan fingerprint density at radius 1 is 1.14 bits per heavy atom. The van der Waals surface area contributed by atoms with Crippen molar-refractivity contribution in [2.24, 2.45) is 0 Å². The third kappa shape index (κ3) is 3.90. The second-order valence-corrected chi connectivity index (χ2v) is 6.54. The Labute approximate surface area is 160 Å². The minimum atomic E-state index is -0.360. The summed E-state index contributed by atoms with van der Waals surface area (Å²) in [6.07, 6.45) is 0.321. The van der Waals surface area contributed by atoms with Crippen LogP contribution in [0, 0.1) is 5.82 Å². The van der Waals surface area contributed by atoms with Crippen molar-refractivity contribution in [3.05, 3.63) is 71.9 Å². The second kappa shape index (κ2) is 7.59. The number of nitrogens with zero attached hydrogens (tertiary/aromatic N) is 3. The van der Waals surface area contributed by atoms with E-state index in [9.17, 15) is 14.0 Å². The topological polar surface area (TPSA) is 88.3 Å². The van der Waals surface area contributed by atoms with Crippen molar-refractivity contribution < 1.29 is 18.4 Å². The summed E-state index contributed by atoms with van der Waals surface area (Å²) in [6.45, 7) is 0.438. The van der Waals surface area contributed by atoms with Crippen molar-refractivity contribution in [1.82, 2.24) is 10.2 Å². The molecule has 2 aromatic carbocycles. The standard InChI is InChI=1S/C20H17FN4O3/c21-15-8-6-13(7-9-15)10-17(26)22-20-24-23-19(28-20)14-11-18(27)25(12-14)16-4-2-1-3-5-16/h1-9,14H,10-12H2,(H,22,24,26)/t14-/m1/s1. The first-order valence-corrected chi connectivity index (χ1v) is 8.81. The van der Waals surface area contributed by atoms with Gasteiger partial charge in [0.2, 0.25) is 17.7 Å². The minimum Gasteiger partial charge on any atom is -0.407 e. The van der Waals surface area contributed by atoms with Gasteiger partial charge >= 0.3 is 6.01 Å². The molecule has 1 atom stereocenters. The lowest BCUT2D eigenvalue weighted by molar-refractivity contribution is -0.117. The quantitative estimate of drug-likeness (QED) is 0.735. The van der Waals surface area contributed by atoms with E-state index in [1.807, 2.05) is 30.3 Å². The van der Waals surface area contributed by atoms with E-state index in [1.54, 1.807) is 4.90 Å². The maximum Gasteiger partial charge on any atom is 0.322 e. The van der Waals surface area contributed by atoms with Crippen LogP contribution >= 0.6 is 0 Å². The highest BCUT2D eigenvalue weighted by Gasteiger charge is 2.35. The zero-order valence-corrected chi connectivity index (χ0v) is 14.8. The van der Waals surface area contributed by atoms with Gasteiger partial charge in [0.15, 0.2) is 0 Å². The number of carbonyl (C=O) groups excluding carboxylic acids is 2. The Hall–Kier alpha value is -3.55. The van der Waals surface area contributed by atoms with Crippen LogP contribution < -0.4 is 10.2 Å². The van der Waals surface area contributed by atoms with Gasteiger partial charge in [-0.3, -0.25) is 14.9 Å². The summed E-state index contributed by atoms with van der Waals surface area (Å²) < 4.78 is 18.5. The first kappa shape index (κ1) is 17.8. The van der Waals surface area contributed by atoms with Gasteiger partial charge in [-0.05, 0) is 29.8 Å². The van der Waals surface area contributed by atoms with E-state index in [2.05, 4.69) is 15.5 Å². The summed E-state index contributed by atoms with van der Waals surface area (Å²) in [7, 11) is 0. The molecular formula is C20H17FN4O3. The molecule has 1 aliphatic rings. The molecule has 1 aromatic heterocycles. The van der Waals surface area contributed by atoms with Crippen molar-refractivity contribution in [3.63, 3.8) is 0 Å². The number of hydrogen-bond acceptors (Lipinski definition) is 5. The van der Waals surface area contributed by atoms with Gasteiger partial charge in [0, 0.05) is 18.7 Å². The number of hydrogen-bond donors (Lipinski definition) is 1. The predicted molar refractivity (Wildman–Crippen MR) is 99.2 cm³/mol. The molecule has 2 heterocycles. The Bertz CT molecular complexity index is 988. The summed E-state index contributed by atoms with van der Waals surface area (Å²) in [6, 6.07) is 15.0. The first-order valence-electron chi connectivity index (χ1n) is 8.81. The van der Waals surface area contributed by atoms with Crippen LogP contribution in [-0.4, -0.2) is 28.6 Å². The number of aromatic nitrogens is 2. The summed E-state index contributed by atoms with van der Waals surface area (Å²) in [5, 5.41) is 10.3. The molecule has 142 valence electrons. The zero-order chi connectivity index (χ0) is 19.5. The maximum atomic E-state index is 12.9.